The van der Waals surface area contributed by atoms with Crippen molar-refractivity contribution in [3.8, 4) is 0 Å². The third-order valence-electron chi connectivity index (χ3n) is 2.59. The van der Waals surface area contributed by atoms with Crippen LogP contribution < -0.4 is 0 Å². The van der Waals surface area contributed by atoms with Crippen LogP contribution in [0.15, 0.2) is 5.57 Å². The fraction of sp³-hybridized carbons (Fsp3) is 0.722. The van der Waals surface area contributed by atoms with Crippen LogP contribution in [-0.2, 0) is 38.7 Å². The molecule has 0 aromatic heterocycles. The zero-order valence-corrected chi connectivity index (χ0v) is 20.9. The molecule has 21 heavy (non-hydrogen) atoms. The predicted molar refractivity (Wildman–Crippen MR) is 86.6 cm³/mol. The summed E-state index contributed by atoms with van der Waals surface area (Å²) < 4.78 is 7.04. The fourth-order valence-electron chi connectivity index (χ4n) is 1.50. The summed E-state index contributed by atoms with van der Waals surface area (Å²) in [5.41, 5.74) is 2.11. The number of nitrogens with zero attached hydrogens (tertiary/aromatic N) is 1. The molecule has 1 nitrogen and oxygen atoms in total. The Morgan fingerprint density at radius 2 is 1.38 bits per heavy atom. The second-order valence-electron chi connectivity index (χ2n) is 8.50. The van der Waals surface area contributed by atoms with E-state index in [1.807, 2.05) is 0 Å². The van der Waals surface area contributed by atoms with Gasteiger partial charge in [-0.05, 0) is 0 Å². The van der Waals surface area contributed by atoms with Gasteiger partial charge in [-0.1, -0.05) is 0 Å². The Morgan fingerprint density at radius 1 is 0.952 bits per heavy atom. The summed E-state index contributed by atoms with van der Waals surface area (Å²) in [7, 11) is 0. The molecule has 0 radical (unpaired) electrons. The zero-order chi connectivity index (χ0) is 17.1. The number of allylic oxidation sites excluding steroid dienone is 1. The SMILES string of the molecule is CC(C)(C)[C-]=C1C[N+](C(C)(C)C)=C[C]1=[W].CC(C)(C)[C-]=[W]. The Hall–Kier alpha value is 0.527. The molecule has 0 atom stereocenters. The van der Waals surface area contributed by atoms with E-state index in [9.17, 15) is 0 Å². The Bertz CT molecular complexity index is 449. The van der Waals surface area contributed by atoms with Crippen molar-refractivity contribution >= 4 is 14.5 Å². The summed E-state index contributed by atoms with van der Waals surface area (Å²) in [5, 5.41) is 0. The molecule has 1 rings (SSSR count). The number of hydrogen-bond acceptors (Lipinski definition) is 0. The van der Waals surface area contributed by atoms with Crippen LogP contribution in [0.25, 0.3) is 0 Å². The van der Waals surface area contributed by atoms with E-state index in [0.29, 0.717) is 5.41 Å². The molecule has 0 spiro atoms. The average Bonchev–Trinajstić information content (AvgIpc) is 2.57. The topological polar surface area (TPSA) is 3.01 Å². The maximum absolute atomic E-state index is 3.60. The van der Waals surface area contributed by atoms with Crippen LogP contribution in [0.3, 0.4) is 0 Å². The molecule has 120 valence electrons. The van der Waals surface area contributed by atoms with Crippen LogP contribution in [0.1, 0.15) is 62.3 Å². The number of hydrogen-bond donors (Lipinski definition) is 0. The molecule has 1 aliphatic rings. The molecule has 0 saturated carbocycles. The van der Waals surface area contributed by atoms with Crippen LogP contribution >= 0.6 is 0 Å². The maximum atomic E-state index is 3.60. The van der Waals surface area contributed by atoms with Gasteiger partial charge in [-0.2, -0.15) is 0 Å². The van der Waals surface area contributed by atoms with E-state index in [-0.39, 0.29) is 11.0 Å². The van der Waals surface area contributed by atoms with E-state index in [2.05, 4.69) is 83.6 Å². The summed E-state index contributed by atoms with van der Waals surface area (Å²) in [6, 6.07) is 0. The first-order valence-corrected chi connectivity index (χ1v) is 10.3. The average molecular weight is 628 g/mol. The second kappa shape index (κ2) is 7.87. The summed E-state index contributed by atoms with van der Waals surface area (Å²) in [6.45, 7) is 20.9. The molecular formula is C18H30NW2-. The molecule has 0 aromatic carbocycles. The summed E-state index contributed by atoms with van der Waals surface area (Å²) in [5.74, 6) is 0. The number of rotatable bonds is 0. The van der Waals surface area contributed by atoms with Gasteiger partial charge in [0.05, 0.1) is 0 Å². The molecule has 0 fully saturated rings. The van der Waals surface area contributed by atoms with Gasteiger partial charge >= 0.3 is 155 Å². The van der Waals surface area contributed by atoms with E-state index in [4.69, 9.17) is 0 Å². The summed E-state index contributed by atoms with van der Waals surface area (Å²) in [4.78, 5) is 0. The second-order valence-corrected chi connectivity index (χ2v) is 10.8. The molecule has 0 bridgehead atoms. The molecule has 0 aromatic rings. The monoisotopic (exact) mass is 628 g/mol. The molecule has 0 unspecified atom stereocenters. The van der Waals surface area contributed by atoms with E-state index >= 15 is 0 Å². The molecule has 3 heteroatoms. The Kier molecular flexibility index (Phi) is 8.07. The minimum atomic E-state index is 0.164. The van der Waals surface area contributed by atoms with Crippen molar-refractivity contribution in [2.45, 2.75) is 67.9 Å². The standard InChI is InChI=1S/C13H21N.C5H9.2W/c1-12(2,3)9-11-7-8-14(10-11)13(4,5)6;1-5(2,3)4;;/h8H,10H2,1-6H3;1-3H3;;/q;-1;;. The van der Waals surface area contributed by atoms with Gasteiger partial charge in [0, 0.05) is 0 Å². The van der Waals surface area contributed by atoms with Crippen LogP contribution in [0.2, 0.25) is 0 Å². The molecule has 0 N–H and O–H groups in total. The van der Waals surface area contributed by atoms with Gasteiger partial charge < -0.3 is 0 Å². The van der Waals surface area contributed by atoms with Crippen molar-refractivity contribution in [2.75, 3.05) is 6.54 Å². The Labute approximate surface area is 154 Å². The van der Waals surface area contributed by atoms with Crippen molar-refractivity contribution in [3.05, 3.63) is 11.6 Å². The van der Waals surface area contributed by atoms with Crippen molar-refractivity contribution in [1.82, 2.24) is 0 Å². The first-order chi connectivity index (χ1) is 9.15. The van der Waals surface area contributed by atoms with Crippen LogP contribution in [-0.4, -0.2) is 31.2 Å². The third kappa shape index (κ3) is 10.0. The van der Waals surface area contributed by atoms with Gasteiger partial charge in [-0.3, -0.25) is 0 Å². The van der Waals surface area contributed by atoms with Crippen molar-refractivity contribution in [2.24, 2.45) is 10.8 Å². The normalized spacial score (nSPS) is 18.2. The third-order valence-corrected chi connectivity index (χ3v) is 6.06. The van der Waals surface area contributed by atoms with Gasteiger partial charge in [0.1, 0.15) is 0 Å². The molecule has 0 amide bonds. The van der Waals surface area contributed by atoms with E-state index < -0.39 is 0 Å². The predicted octanol–water partition coefficient (Wildman–Crippen LogP) is 3.64. The quantitative estimate of drug-likeness (QED) is 0.285. The first-order valence-electron chi connectivity index (χ1n) is 7.35. The van der Waals surface area contributed by atoms with E-state index in [0.717, 1.165) is 6.54 Å². The molecule has 1 aliphatic heterocycles. The van der Waals surface area contributed by atoms with Crippen LogP contribution in [0.4, 0.5) is 0 Å². The summed E-state index contributed by atoms with van der Waals surface area (Å²) in [6.07, 6.45) is 5.89. The van der Waals surface area contributed by atoms with Gasteiger partial charge in [-0.25, -0.2) is 0 Å². The van der Waals surface area contributed by atoms with Crippen molar-refractivity contribution < 1.29 is 43.3 Å². The molecular weight excluding hydrogens is 598 g/mol. The van der Waals surface area contributed by atoms with Crippen molar-refractivity contribution in [1.29, 1.82) is 0 Å². The van der Waals surface area contributed by atoms with E-state index in [1.54, 1.807) is 19.4 Å². The van der Waals surface area contributed by atoms with Crippen LogP contribution in [0.5, 0.6) is 0 Å². The fourth-order valence-corrected chi connectivity index (χ4v) is 2.37. The Balaban J connectivity index is 0.000000567. The summed E-state index contributed by atoms with van der Waals surface area (Å²) >= 11 is 2.99. The Morgan fingerprint density at radius 3 is 1.62 bits per heavy atom. The first kappa shape index (κ1) is 21.5. The van der Waals surface area contributed by atoms with Crippen LogP contribution in [0, 0.1) is 16.9 Å². The van der Waals surface area contributed by atoms with Crippen molar-refractivity contribution in [3.63, 3.8) is 0 Å². The zero-order valence-electron chi connectivity index (χ0n) is 15.0. The van der Waals surface area contributed by atoms with Gasteiger partial charge in [0.15, 0.2) is 0 Å². The van der Waals surface area contributed by atoms with Gasteiger partial charge in [0.25, 0.3) is 0 Å². The van der Waals surface area contributed by atoms with Gasteiger partial charge in [0.2, 0.25) is 0 Å². The van der Waals surface area contributed by atoms with E-state index in [1.165, 1.54) is 28.8 Å². The molecule has 0 aliphatic carbocycles. The van der Waals surface area contributed by atoms with Gasteiger partial charge in [-0.15, -0.1) is 0 Å². The minimum absolute atomic E-state index is 0.164. The molecule has 1 heterocycles. The molecule has 0 saturated heterocycles.